The summed E-state index contributed by atoms with van der Waals surface area (Å²) in [5, 5.41) is 3.25. The first-order valence-electron chi connectivity index (χ1n) is 10.8. The standard InChI is InChI=1S/C23H29N3O3/c1-16-22(17-7-9-25(16)10-8-17)24-23(27)21-6-5-20(29-21)18-3-2-4-19(15-18)26-11-13-28-14-12-26/h2-6,15-17,22H,7-14H2,1H3,(H,24,27). The minimum absolute atomic E-state index is 0.105. The fourth-order valence-electron chi connectivity index (χ4n) is 5.06. The maximum atomic E-state index is 12.8. The number of rotatable bonds is 4. The Morgan fingerprint density at radius 3 is 2.62 bits per heavy atom. The van der Waals surface area contributed by atoms with Gasteiger partial charge in [0.2, 0.25) is 0 Å². The number of furan rings is 1. The maximum Gasteiger partial charge on any atom is 0.287 e. The second-order valence-electron chi connectivity index (χ2n) is 8.43. The fourth-order valence-corrected chi connectivity index (χ4v) is 5.06. The summed E-state index contributed by atoms with van der Waals surface area (Å²) in [7, 11) is 0. The maximum absolute atomic E-state index is 12.8. The lowest BCUT2D eigenvalue weighted by Gasteiger charge is -2.49. The Labute approximate surface area is 171 Å². The zero-order chi connectivity index (χ0) is 19.8. The summed E-state index contributed by atoms with van der Waals surface area (Å²) >= 11 is 0. The first kappa shape index (κ1) is 18.7. The summed E-state index contributed by atoms with van der Waals surface area (Å²) in [6, 6.07) is 12.6. The molecule has 154 valence electrons. The second kappa shape index (κ2) is 7.84. The van der Waals surface area contributed by atoms with E-state index in [1.165, 1.54) is 12.8 Å². The quantitative estimate of drug-likeness (QED) is 0.863. The van der Waals surface area contributed by atoms with Crippen molar-refractivity contribution in [1.82, 2.24) is 10.2 Å². The van der Waals surface area contributed by atoms with Crippen molar-refractivity contribution in [2.75, 3.05) is 44.3 Å². The highest BCUT2D eigenvalue weighted by molar-refractivity contribution is 5.92. The Kier molecular flexibility index (Phi) is 5.06. The third-order valence-corrected chi connectivity index (χ3v) is 6.81. The summed E-state index contributed by atoms with van der Waals surface area (Å²) < 4.78 is 11.4. The zero-order valence-corrected chi connectivity index (χ0v) is 17.0. The van der Waals surface area contributed by atoms with E-state index < -0.39 is 0 Å². The number of ether oxygens (including phenoxy) is 1. The Hall–Kier alpha value is -2.31. The number of anilines is 1. The molecule has 2 bridgehead atoms. The van der Waals surface area contributed by atoms with Crippen LogP contribution in [-0.2, 0) is 4.74 Å². The molecule has 4 aliphatic rings. The predicted octanol–water partition coefficient (Wildman–Crippen LogP) is 3.00. The molecule has 0 radical (unpaired) electrons. The number of amides is 1. The molecule has 0 aliphatic carbocycles. The van der Waals surface area contributed by atoms with Gasteiger partial charge in [-0.05, 0) is 63.0 Å². The smallest absolute Gasteiger partial charge is 0.287 e. The van der Waals surface area contributed by atoms with Gasteiger partial charge in [0, 0.05) is 36.4 Å². The molecular weight excluding hydrogens is 366 g/mol. The number of piperidine rings is 3. The van der Waals surface area contributed by atoms with Crippen molar-refractivity contribution in [3.05, 3.63) is 42.2 Å². The molecule has 1 N–H and O–H groups in total. The number of nitrogens with one attached hydrogen (secondary N) is 1. The molecule has 4 aliphatic heterocycles. The number of hydrogen-bond acceptors (Lipinski definition) is 5. The Bertz CT molecular complexity index is 864. The van der Waals surface area contributed by atoms with E-state index in [0.717, 1.165) is 56.4 Å². The molecule has 2 unspecified atom stereocenters. The van der Waals surface area contributed by atoms with Crippen LogP contribution in [0.1, 0.15) is 30.3 Å². The molecule has 4 saturated heterocycles. The van der Waals surface area contributed by atoms with Gasteiger partial charge in [0.05, 0.1) is 13.2 Å². The van der Waals surface area contributed by atoms with E-state index in [1.54, 1.807) is 6.07 Å². The first-order chi connectivity index (χ1) is 14.2. The number of hydrogen-bond donors (Lipinski definition) is 1. The lowest BCUT2D eigenvalue weighted by atomic mass is 9.79. The number of morpholine rings is 1. The predicted molar refractivity (Wildman–Crippen MR) is 112 cm³/mol. The van der Waals surface area contributed by atoms with E-state index in [0.29, 0.717) is 17.7 Å². The molecular formula is C23H29N3O3. The Morgan fingerprint density at radius 1 is 1.07 bits per heavy atom. The highest BCUT2D eigenvalue weighted by Crippen LogP contribution is 2.32. The second-order valence-corrected chi connectivity index (χ2v) is 8.43. The number of carbonyl (C=O) groups excluding carboxylic acids is 1. The first-order valence-corrected chi connectivity index (χ1v) is 10.8. The van der Waals surface area contributed by atoms with E-state index in [2.05, 4.69) is 34.2 Å². The van der Waals surface area contributed by atoms with Crippen LogP contribution in [0.5, 0.6) is 0 Å². The van der Waals surface area contributed by atoms with Crippen LogP contribution in [0.3, 0.4) is 0 Å². The fraction of sp³-hybridized carbons (Fsp3) is 0.522. The van der Waals surface area contributed by atoms with Crippen LogP contribution in [0.15, 0.2) is 40.8 Å². The highest BCUT2D eigenvalue weighted by atomic mass is 16.5. The van der Waals surface area contributed by atoms with Crippen molar-refractivity contribution in [1.29, 1.82) is 0 Å². The van der Waals surface area contributed by atoms with E-state index in [1.807, 2.05) is 18.2 Å². The Balaban J connectivity index is 1.30. The molecule has 29 heavy (non-hydrogen) atoms. The number of nitrogens with zero attached hydrogens (tertiary/aromatic N) is 2. The molecule has 0 spiro atoms. The molecule has 1 aromatic carbocycles. The molecule has 1 aromatic heterocycles. The van der Waals surface area contributed by atoms with Crippen molar-refractivity contribution in [2.45, 2.75) is 31.8 Å². The molecule has 6 heteroatoms. The lowest BCUT2D eigenvalue weighted by molar-refractivity contribution is 0.0211. The molecule has 4 fully saturated rings. The summed E-state index contributed by atoms with van der Waals surface area (Å²) in [6.07, 6.45) is 2.35. The zero-order valence-electron chi connectivity index (χ0n) is 17.0. The minimum atomic E-state index is -0.105. The van der Waals surface area contributed by atoms with Crippen molar-refractivity contribution >= 4 is 11.6 Å². The van der Waals surface area contributed by atoms with Crippen molar-refractivity contribution in [2.24, 2.45) is 5.92 Å². The molecule has 5 heterocycles. The van der Waals surface area contributed by atoms with E-state index >= 15 is 0 Å². The van der Waals surface area contributed by atoms with E-state index in [-0.39, 0.29) is 11.9 Å². The van der Waals surface area contributed by atoms with Gasteiger partial charge in [-0.1, -0.05) is 12.1 Å². The average Bonchev–Trinajstić information content (AvgIpc) is 3.28. The van der Waals surface area contributed by atoms with Crippen LogP contribution in [0.4, 0.5) is 5.69 Å². The molecule has 2 atom stereocenters. The van der Waals surface area contributed by atoms with Crippen LogP contribution >= 0.6 is 0 Å². The highest BCUT2D eigenvalue weighted by Gasteiger charge is 2.40. The number of benzene rings is 1. The van der Waals surface area contributed by atoms with Gasteiger partial charge < -0.3 is 19.4 Å². The van der Waals surface area contributed by atoms with Crippen LogP contribution in [-0.4, -0.2) is 62.3 Å². The molecule has 6 rings (SSSR count). The van der Waals surface area contributed by atoms with Gasteiger partial charge in [0.25, 0.3) is 5.91 Å². The van der Waals surface area contributed by atoms with Crippen molar-refractivity contribution in [3.8, 4) is 11.3 Å². The van der Waals surface area contributed by atoms with Crippen LogP contribution < -0.4 is 10.2 Å². The van der Waals surface area contributed by atoms with Gasteiger partial charge >= 0.3 is 0 Å². The number of carbonyl (C=O) groups is 1. The van der Waals surface area contributed by atoms with Crippen LogP contribution in [0, 0.1) is 5.92 Å². The molecule has 6 nitrogen and oxygen atoms in total. The third kappa shape index (κ3) is 3.67. The van der Waals surface area contributed by atoms with Crippen molar-refractivity contribution < 1.29 is 13.9 Å². The van der Waals surface area contributed by atoms with Crippen LogP contribution in [0.25, 0.3) is 11.3 Å². The normalized spacial score (nSPS) is 29.1. The molecule has 2 aromatic rings. The van der Waals surface area contributed by atoms with Crippen LogP contribution in [0.2, 0.25) is 0 Å². The summed E-state index contributed by atoms with van der Waals surface area (Å²) in [6.45, 7) is 7.84. The van der Waals surface area contributed by atoms with Gasteiger partial charge in [-0.3, -0.25) is 9.69 Å². The molecule has 1 amide bonds. The molecule has 0 saturated carbocycles. The van der Waals surface area contributed by atoms with E-state index in [4.69, 9.17) is 9.15 Å². The van der Waals surface area contributed by atoms with E-state index in [9.17, 15) is 4.79 Å². The summed E-state index contributed by atoms with van der Waals surface area (Å²) in [5.74, 6) is 1.59. The average molecular weight is 396 g/mol. The third-order valence-electron chi connectivity index (χ3n) is 6.81. The minimum Gasteiger partial charge on any atom is -0.451 e. The summed E-state index contributed by atoms with van der Waals surface area (Å²) in [5.41, 5.74) is 2.15. The largest absolute Gasteiger partial charge is 0.451 e. The van der Waals surface area contributed by atoms with Gasteiger partial charge in [0.1, 0.15) is 5.76 Å². The van der Waals surface area contributed by atoms with Gasteiger partial charge in [-0.2, -0.15) is 0 Å². The van der Waals surface area contributed by atoms with Gasteiger partial charge in [-0.15, -0.1) is 0 Å². The number of fused-ring (bicyclic) bond motifs is 3. The summed E-state index contributed by atoms with van der Waals surface area (Å²) in [4.78, 5) is 17.6. The monoisotopic (exact) mass is 395 g/mol. The topological polar surface area (TPSA) is 58.0 Å². The Morgan fingerprint density at radius 2 is 1.86 bits per heavy atom. The SMILES string of the molecule is CC1C(NC(=O)c2ccc(-c3cccc(N4CCOCC4)c3)o2)C2CCN1CC2. The van der Waals surface area contributed by atoms with Gasteiger partial charge in [-0.25, -0.2) is 0 Å². The lowest BCUT2D eigenvalue weighted by Crippen LogP contribution is -2.62. The van der Waals surface area contributed by atoms with Crippen molar-refractivity contribution in [3.63, 3.8) is 0 Å². The van der Waals surface area contributed by atoms with Gasteiger partial charge in [0.15, 0.2) is 5.76 Å².